The van der Waals surface area contributed by atoms with Crippen LogP contribution in [0.3, 0.4) is 0 Å². The molecule has 1 heterocycles. The molecule has 0 N–H and O–H groups in total. The van der Waals surface area contributed by atoms with E-state index in [1.54, 1.807) is 37.4 Å². The maximum Gasteiger partial charge on any atom is 0.243 e. The van der Waals surface area contributed by atoms with Gasteiger partial charge >= 0.3 is 0 Å². The van der Waals surface area contributed by atoms with E-state index in [9.17, 15) is 13.2 Å². The number of carbonyl (C=O) groups is 1. The summed E-state index contributed by atoms with van der Waals surface area (Å²) in [5, 5.41) is 0. The van der Waals surface area contributed by atoms with Crippen LogP contribution in [0.2, 0.25) is 0 Å². The first kappa shape index (κ1) is 20.1. The third-order valence-corrected chi connectivity index (χ3v) is 8.05. The average molecular weight is 414 g/mol. The van der Waals surface area contributed by atoms with Crippen molar-refractivity contribution in [3.63, 3.8) is 0 Å². The molecule has 29 heavy (non-hydrogen) atoms. The molecule has 0 unspecified atom stereocenters. The largest absolute Gasteiger partial charge is 0.497 e. The zero-order valence-electron chi connectivity index (χ0n) is 16.8. The van der Waals surface area contributed by atoms with Crippen LogP contribution in [-0.2, 0) is 22.9 Å². The number of ether oxygens (including phenoxy) is 1. The van der Waals surface area contributed by atoms with Gasteiger partial charge in [0.25, 0.3) is 0 Å². The van der Waals surface area contributed by atoms with Crippen molar-refractivity contribution < 1.29 is 17.9 Å². The van der Waals surface area contributed by atoms with Gasteiger partial charge in [-0.2, -0.15) is 4.31 Å². The van der Waals surface area contributed by atoms with Crippen LogP contribution in [0, 0.1) is 5.92 Å². The molecule has 5 nitrogen and oxygen atoms in total. The Bertz CT molecular complexity index is 990. The van der Waals surface area contributed by atoms with Crippen molar-refractivity contribution in [1.82, 2.24) is 4.31 Å². The third kappa shape index (κ3) is 4.09. The molecular formula is C23H27NO4S. The SMILES string of the molecule is COc1ccc(C(=O)C2CCN(S(=O)(=O)c3ccc4c(c3)CCCC4)CC2)cc1. The Hall–Kier alpha value is -2.18. The van der Waals surface area contributed by atoms with E-state index in [2.05, 4.69) is 0 Å². The summed E-state index contributed by atoms with van der Waals surface area (Å²) in [5.74, 6) is 0.657. The van der Waals surface area contributed by atoms with E-state index < -0.39 is 10.0 Å². The van der Waals surface area contributed by atoms with Gasteiger partial charge in [-0.3, -0.25) is 4.79 Å². The maximum atomic E-state index is 13.1. The predicted molar refractivity (Wildman–Crippen MR) is 112 cm³/mol. The summed E-state index contributed by atoms with van der Waals surface area (Å²) in [7, 11) is -1.92. The minimum atomic E-state index is -3.51. The quantitative estimate of drug-likeness (QED) is 0.699. The standard InChI is InChI=1S/C23H27NO4S/c1-28-21-9-6-18(7-10-21)23(25)19-12-14-24(15-13-19)29(26,27)22-11-8-17-4-2-3-5-20(17)16-22/h6-11,16,19H,2-5,12-15H2,1H3. The van der Waals surface area contributed by atoms with Crippen molar-refractivity contribution in [2.24, 2.45) is 5.92 Å². The number of Topliss-reactive ketones (excluding diaryl/α,β-unsaturated/α-hetero) is 1. The number of methoxy groups -OCH3 is 1. The second kappa shape index (κ2) is 8.28. The number of aryl methyl sites for hydroxylation is 2. The number of piperidine rings is 1. The zero-order chi connectivity index (χ0) is 20.4. The number of ketones is 1. The Balaban J connectivity index is 1.43. The highest BCUT2D eigenvalue weighted by Crippen LogP contribution is 2.29. The molecule has 154 valence electrons. The van der Waals surface area contributed by atoms with Gasteiger partial charge in [0.1, 0.15) is 5.75 Å². The number of nitrogens with zero attached hydrogens (tertiary/aromatic N) is 1. The van der Waals surface area contributed by atoms with Gasteiger partial charge in [-0.05, 0) is 86.1 Å². The molecular weight excluding hydrogens is 386 g/mol. The molecule has 2 aromatic rings. The summed E-state index contributed by atoms with van der Waals surface area (Å²) in [6.45, 7) is 0.762. The van der Waals surface area contributed by atoms with Crippen LogP contribution < -0.4 is 4.74 Å². The van der Waals surface area contributed by atoms with E-state index in [0.717, 1.165) is 19.3 Å². The summed E-state index contributed by atoms with van der Waals surface area (Å²) < 4.78 is 32.9. The predicted octanol–water partition coefficient (Wildman–Crippen LogP) is 3.86. The van der Waals surface area contributed by atoms with Crippen LogP contribution in [0.4, 0.5) is 0 Å². The molecule has 0 amide bonds. The fraction of sp³-hybridized carbons (Fsp3) is 0.435. The molecule has 0 radical (unpaired) electrons. The highest BCUT2D eigenvalue weighted by Gasteiger charge is 2.32. The lowest BCUT2D eigenvalue weighted by atomic mass is 9.89. The Kier molecular flexibility index (Phi) is 5.74. The Labute approximate surface area is 172 Å². The molecule has 1 aliphatic heterocycles. The first-order chi connectivity index (χ1) is 14.0. The molecule has 2 aromatic carbocycles. The molecule has 0 spiro atoms. The number of rotatable bonds is 5. The number of hydrogen-bond donors (Lipinski definition) is 0. The first-order valence-electron chi connectivity index (χ1n) is 10.3. The second-order valence-electron chi connectivity index (χ2n) is 7.91. The lowest BCUT2D eigenvalue weighted by molar-refractivity contribution is 0.0875. The summed E-state index contributed by atoms with van der Waals surface area (Å²) in [6, 6.07) is 12.7. The van der Waals surface area contributed by atoms with Gasteiger partial charge in [0.2, 0.25) is 10.0 Å². The molecule has 1 aliphatic carbocycles. The van der Waals surface area contributed by atoms with Crippen molar-refractivity contribution in [2.45, 2.75) is 43.4 Å². The monoisotopic (exact) mass is 413 g/mol. The molecule has 1 fully saturated rings. The van der Waals surface area contributed by atoms with Crippen LogP contribution in [0.5, 0.6) is 5.75 Å². The molecule has 4 rings (SSSR count). The van der Waals surface area contributed by atoms with Crippen LogP contribution in [0.15, 0.2) is 47.4 Å². The fourth-order valence-electron chi connectivity index (χ4n) is 4.37. The number of fused-ring (bicyclic) bond motifs is 1. The van der Waals surface area contributed by atoms with Crippen LogP contribution in [0.25, 0.3) is 0 Å². The average Bonchev–Trinajstić information content (AvgIpc) is 2.78. The topological polar surface area (TPSA) is 63.7 Å². The van der Waals surface area contributed by atoms with Gasteiger partial charge in [-0.15, -0.1) is 0 Å². The van der Waals surface area contributed by atoms with Gasteiger partial charge in [-0.25, -0.2) is 8.42 Å². The lowest BCUT2D eigenvalue weighted by Gasteiger charge is -2.31. The van der Waals surface area contributed by atoms with Gasteiger partial charge < -0.3 is 4.74 Å². The van der Waals surface area contributed by atoms with Crippen molar-refractivity contribution in [3.05, 3.63) is 59.2 Å². The first-order valence-corrected chi connectivity index (χ1v) is 11.7. The van der Waals surface area contributed by atoms with Crippen molar-refractivity contribution >= 4 is 15.8 Å². The fourth-order valence-corrected chi connectivity index (χ4v) is 5.89. The van der Waals surface area contributed by atoms with E-state index >= 15 is 0 Å². The van der Waals surface area contributed by atoms with Crippen molar-refractivity contribution in [3.8, 4) is 5.75 Å². The molecule has 1 saturated heterocycles. The number of hydrogen-bond acceptors (Lipinski definition) is 4. The highest BCUT2D eigenvalue weighted by atomic mass is 32.2. The van der Waals surface area contributed by atoms with Crippen LogP contribution in [0.1, 0.15) is 47.2 Å². The molecule has 6 heteroatoms. The number of benzene rings is 2. The normalized spacial score (nSPS) is 18.2. The molecule has 0 aromatic heterocycles. The summed E-state index contributed by atoms with van der Waals surface area (Å²) in [6.07, 6.45) is 5.39. The van der Waals surface area contributed by atoms with Gasteiger partial charge in [-0.1, -0.05) is 6.07 Å². The van der Waals surface area contributed by atoms with Crippen LogP contribution >= 0.6 is 0 Å². The zero-order valence-corrected chi connectivity index (χ0v) is 17.6. The Morgan fingerprint density at radius 2 is 1.62 bits per heavy atom. The van der Waals surface area contributed by atoms with Crippen LogP contribution in [-0.4, -0.2) is 38.7 Å². The summed E-state index contributed by atoms with van der Waals surface area (Å²) in [4.78, 5) is 13.2. The minimum Gasteiger partial charge on any atom is -0.497 e. The van der Waals surface area contributed by atoms with Crippen molar-refractivity contribution in [2.75, 3.05) is 20.2 Å². The molecule has 0 atom stereocenters. The number of carbonyl (C=O) groups excluding carboxylic acids is 1. The minimum absolute atomic E-state index is 0.0819. The summed E-state index contributed by atoms with van der Waals surface area (Å²) in [5.41, 5.74) is 3.10. The van der Waals surface area contributed by atoms with Gasteiger partial charge in [0, 0.05) is 24.6 Å². The van der Waals surface area contributed by atoms with Gasteiger partial charge in [0.15, 0.2) is 5.78 Å². The molecule has 2 aliphatic rings. The molecule has 0 saturated carbocycles. The van der Waals surface area contributed by atoms with E-state index in [0.29, 0.717) is 42.1 Å². The number of sulfonamides is 1. The Morgan fingerprint density at radius 3 is 2.28 bits per heavy atom. The second-order valence-corrected chi connectivity index (χ2v) is 9.85. The van der Waals surface area contributed by atoms with Crippen molar-refractivity contribution in [1.29, 1.82) is 0 Å². The summed E-state index contributed by atoms with van der Waals surface area (Å²) >= 11 is 0. The van der Waals surface area contributed by atoms with E-state index in [4.69, 9.17) is 4.74 Å². The highest BCUT2D eigenvalue weighted by molar-refractivity contribution is 7.89. The lowest BCUT2D eigenvalue weighted by Crippen LogP contribution is -2.40. The van der Waals surface area contributed by atoms with E-state index in [-0.39, 0.29) is 11.7 Å². The molecule has 0 bridgehead atoms. The maximum absolute atomic E-state index is 13.1. The Morgan fingerprint density at radius 1 is 0.966 bits per heavy atom. The third-order valence-electron chi connectivity index (χ3n) is 6.16. The van der Waals surface area contributed by atoms with Gasteiger partial charge in [0.05, 0.1) is 12.0 Å². The smallest absolute Gasteiger partial charge is 0.243 e. The van der Waals surface area contributed by atoms with E-state index in [1.807, 2.05) is 12.1 Å². The van der Waals surface area contributed by atoms with E-state index in [1.165, 1.54) is 21.9 Å².